The molecule has 0 atom stereocenters. The summed E-state index contributed by atoms with van der Waals surface area (Å²) in [6.45, 7) is 1.51. The quantitative estimate of drug-likeness (QED) is 0.765. The van der Waals surface area contributed by atoms with Crippen LogP contribution in [0.5, 0.6) is 0 Å². The summed E-state index contributed by atoms with van der Waals surface area (Å²) in [5.41, 5.74) is 2.23. The molecule has 0 aromatic heterocycles. The number of rotatable bonds is 3. The third-order valence-electron chi connectivity index (χ3n) is 3.16. The van der Waals surface area contributed by atoms with Gasteiger partial charge in [-0.2, -0.15) is 0 Å². The lowest BCUT2D eigenvalue weighted by Gasteiger charge is -2.16. The lowest BCUT2D eigenvalue weighted by Crippen LogP contribution is -2.23. The van der Waals surface area contributed by atoms with E-state index in [1.807, 2.05) is 24.3 Å². The average molecular weight is 368 g/mol. The molecule has 0 aliphatic rings. The Kier molecular flexibility index (Phi) is 5.82. The molecule has 0 fully saturated rings. The minimum atomic E-state index is -0.0292. The lowest BCUT2D eigenvalue weighted by molar-refractivity contribution is -0.116. The van der Waals surface area contributed by atoms with Crippen LogP contribution >= 0.6 is 35.4 Å². The average Bonchev–Trinajstić information content (AvgIpc) is 2.51. The zero-order valence-electron chi connectivity index (χ0n) is 12.6. The first-order valence-corrected chi connectivity index (χ1v) is 7.90. The number of nitrogens with one attached hydrogen (secondary N) is 2. The maximum atomic E-state index is 11.3. The van der Waals surface area contributed by atoms with Gasteiger partial charge in [-0.3, -0.25) is 4.79 Å². The molecule has 4 nitrogen and oxygen atoms in total. The van der Waals surface area contributed by atoms with Crippen molar-refractivity contribution in [2.75, 3.05) is 22.6 Å². The Morgan fingerprint density at radius 3 is 2.35 bits per heavy atom. The molecule has 1 amide bonds. The summed E-state index contributed by atoms with van der Waals surface area (Å²) >= 11 is 17.3. The van der Waals surface area contributed by atoms with E-state index in [2.05, 4.69) is 10.6 Å². The number of carbonyl (C=O) groups is 1. The summed E-state index contributed by atoms with van der Waals surface area (Å²) in [6.07, 6.45) is 0. The molecule has 0 unspecified atom stereocenters. The highest BCUT2D eigenvalue weighted by molar-refractivity contribution is 7.80. The van der Waals surface area contributed by atoms with E-state index in [0.29, 0.717) is 20.8 Å². The van der Waals surface area contributed by atoms with Crippen LogP contribution < -0.4 is 15.5 Å². The van der Waals surface area contributed by atoms with Crippen molar-refractivity contribution in [1.29, 1.82) is 0 Å². The maximum absolute atomic E-state index is 11.3. The Balaban J connectivity index is 2.03. The smallest absolute Gasteiger partial charge is 0.223 e. The second-order valence-corrected chi connectivity index (χ2v) is 6.08. The summed E-state index contributed by atoms with van der Waals surface area (Å²) in [4.78, 5) is 12.9. The molecular formula is C16H15Cl2N3OS. The minimum Gasteiger partial charge on any atom is -0.332 e. The van der Waals surface area contributed by atoms with Crippen LogP contribution in [0.15, 0.2) is 42.5 Å². The molecule has 2 aromatic carbocycles. The van der Waals surface area contributed by atoms with Crippen molar-refractivity contribution in [3.63, 3.8) is 0 Å². The number of anilines is 3. The molecule has 2 aromatic rings. The molecule has 0 aliphatic carbocycles. The van der Waals surface area contributed by atoms with Crippen LogP contribution in [0.25, 0.3) is 0 Å². The summed E-state index contributed by atoms with van der Waals surface area (Å²) in [7, 11) is 1.72. The van der Waals surface area contributed by atoms with E-state index in [-0.39, 0.29) is 5.91 Å². The van der Waals surface area contributed by atoms with E-state index in [9.17, 15) is 4.79 Å². The molecule has 0 saturated heterocycles. The Morgan fingerprint density at radius 1 is 1.09 bits per heavy atom. The van der Waals surface area contributed by atoms with Gasteiger partial charge < -0.3 is 15.5 Å². The molecule has 120 valence electrons. The first kappa shape index (κ1) is 17.5. The molecular weight excluding hydrogens is 353 g/mol. The zero-order chi connectivity index (χ0) is 17.0. The van der Waals surface area contributed by atoms with Crippen molar-refractivity contribution in [2.24, 2.45) is 0 Å². The van der Waals surface area contributed by atoms with E-state index in [1.54, 1.807) is 30.1 Å². The van der Waals surface area contributed by atoms with Gasteiger partial charge in [-0.05, 0) is 54.7 Å². The monoisotopic (exact) mass is 367 g/mol. The predicted molar refractivity (Wildman–Crippen MR) is 102 cm³/mol. The largest absolute Gasteiger partial charge is 0.332 e. The highest BCUT2D eigenvalue weighted by atomic mass is 35.5. The Hall–Kier alpha value is -1.82. The van der Waals surface area contributed by atoms with E-state index < -0.39 is 0 Å². The second kappa shape index (κ2) is 7.64. The van der Waals surface area contributed by atoms with E-state index >= 15 is 0 Å². The number of hydrogen-bond acceptors (Lipinski definition) is 2. The third-order valence-corrected chi connectivity index (χ3v) is 3.93. The molecule has 0 spiro atoms. The van der Waals surface area contributed by atoms with Crippen molar-refractivity contribution in [3.05, 3.63) is 52.5 Å². The normalized spacial score (nSPS) is 10.1. The standard InChI is InChI=1S/C16H15Cl2N3OS/c1-10(22)21(2)13-6-4-12(5-7-13)19-16(23)20-15-9-11(17)3-8-14(15)18/h3-9H,1-2H3,(H2,19,20,23). The molecule has 0 bridgehead atoms. The van der Waals surface area contributed by atoms with E-state index in [0.717, 1.165) is 11.4 Å². The summed E-state index contributed by atoms with van der Waals surface area (Å²) in [6, 6.07) is 12.4. The van der Waals surface area contributed by atoms with Crippen LogP contribution in [0.3, 0.4) is 0 Å². The van der Waals surface area contributed by atoms with Gasteiger partial charge in [-0.1, -0.05) is 23.2 Å². The number of nitrogens with zero attached hydrogens (tertiary/aromatic N) is 1. The van der Waals surface area contributed by atoms with Crippen LogP contribution in [0.2, 0.25) is 10.0 Å². The molecule has 0 saturated carbocycles. The zero-order valence-corrected chi connectivity index (χ0v) is 14.9. The minimum absolute atomic E-state index is 0.0292. The van der Waals surface area contributed by atoms with Gasteiger partial charge in [-0.25, -0.2) is 0 Å². The Bertz CT molecular complexity index is 735. The highest BCUT2D eigenvalue weighted by Crippen LogP contribution is 2.25. The fourth-order valence-electron chi connectivity index (χ4n) is 1.83. The van der Waals surface area contributed by atoms with Crippen LogP contribution in [-0.2, 0) is 4.79 Å². The van der Waals surface area contributed by atoms with Gasteiger partial charge in [-0.15, -0.1) is 0 Å². The van der Waals surface area contributed by atoms with Gasteiger partial charge in [0.05, 0.1) is 10.7 Å². The first-order chi connectivity index (χ1) is 10.9. The molecule has 0 heterocycles. The van der Waals surface area contributed by atoms with Crippen molar-refractivity contribution in [3.8, 4) is 0 Å². The molecule has 0 radical (unpaired) electrons. The third kappa shape index (κ3) is 4.82. The van der Waals surface area contributed by atoms with Gasteiger partial charge in [0.15, 0.2) is 5.11 Å². The Labute approximate surface area is 150 Å². The van der Waals surface area contributed by atoms with Crippen LogP contribution in [-0.4, -0.2) is 18.1 Å². The highest BCUT2D eigenvalue weighted by Gasteiger charge is 2.07. The number of hydrogen-bond donors (Lipinski definition) is 2. The summed E-state index contributed by atoms with van der Waals surface area (Å²) in [5, 5.41) is 7.52. The number of thiocarbonyl (C=S) groups is 1. The van der Waals surface area contributed by atoms with Crippen LogP contribution in [0.4, 0.5) is 17.1 Å². The van der Waals surface area contributed by atoms with Crippen LogP contribution in [0, 0.1) is 0 Å². The maximum Gasteiger partial charge on any atom is 0.223 e. The number of carbonyl (C=O) groups excluding carboxylic acids is 1. The van der Waals surface area contributed by atoms with Gasteiger partial charge in [0, 0.05) is 30.4 Å². The fraction of sp³-hybridized carbons (Fsp3) is 0.125. The molecule has 2 rings (SSSR count). The fourth-order valence-corrected chi connectivity index (χ4v) is 2.39. The SMILES string of the molecule is CC(=O)N(C)c1ccc(NC(=S)Nc2cc(Cl)ccc2Cl)cc1. The van der Waals surface area contributed by atoms with E-state index in [4.69, 9.17) is 35.4 Å². The van der Waals surface area contributed by atoms with E-state index in [1.165, 1.54) is 6.92 Å². The van der Waals surface area contributed by atoms with Crippen molar-refractivity contribution < 1.29 is 4.79 Å². The van der Waals surface area contributed by atoms with Crippen molar-refractivity contribution in [2.45, 2.75) is 6.92 Å². The molecule has 2 N–H and O–H groups in total. The number of halogens is 2. The Morgan fingerprint density at radius 2 is 1.74 bits per heavy atom. The number of benzene rings is 2. The second-order valence-electron chi connectivity index (χ2n) is 4.83. The molecule has 0 aliphatic heterocycles. The van der Waals surface area contributed by atoms with Crippen LogP contribution in [0.1, 0.15) is 6.92 Å². The summed E-state index contributed by atoms with van der Waals surface area (Å²) < 4.78 is 0. The number of amides is 1. The first-order valence-electron chi connectivity index (χ1n) is 6.74. The predicted octanol–water partition coefficient (Wildman–Crippen LogP) is 4.79. The van der Waals surface area contributed by atoms with Gasteiger partial charge in [0.2, 0.25) is 5.91 Å². The lowest BCUT2D eigenvalue weighted by atomic mass is 10.2. The van der Waals surface area contributed by atoms with Crippen molar-refractivity contribution in [1.82, 2.24) is 0 Å². The van der Waals surface area contributed by atoms with Gasteiger partial charge in [0.1, 0.15) is 0 Å². The van der Waals surface area contributed by atoms with Gasteiger partial charge >= 0.3 is 0 Å². The molecule has 7 heteroatoms. The topological polar surface area (TPSA) is 44.4 Å². The van der Waals surface area contributed by atoms with Gasteiger partial charge in [0.25, 0.3) is 0 Å². The van der Waals surface area contributed by atoms with Crippen molar-refractivity contribution >= 4 is 63.5 Å². The summed E-state index contributed by atoms with van der Waals surface area (Å²) in [5.74, 6) is -0.0292. The molecule has 23 heavy (non-hydrogen) atoms.